The summed E-state index contributed by atoms with van der Waals surface area (Å²) in [6.07, 6.45) is 6.21. The maximum Gasteiger partial charge on any atom is 0.224 e. The zero-order valence-corrected chi connectivity index (χ0v) is 11.9. The SMILES string of the molecule is CCCCCCCC(=O)Nc1ccc(/C(N)=N/O)cc1. The first-order valence-electron chi connectivity index (χ1n) is 7.05. The summed E-state index contributed by atoms with van der Waals surface area (Å²) in [6, 6.07) is 6.88. The van der Waals surface area contributed by atoms with Gasteiger partial charge in [0.25, 0.3) is 0 Å². The zero-order valence-electron chi connectivity index (χ0n) is 11.9. The quantitative estimate of drug-likeness (QED) is 0.224. The summed E-state index contributed by atoms with van der Waals surface area (Å²) in [5.74, 6) is 0.0804. The zero-order chi connectivity index (χ0) is 14.8. The van der Waals surface area contributed by atoms with E-state index < -0.39 is 0 Å². The summed E-state index contributed by atoms with van der Waals surface area (Å²) in [5.41, 5.74) is 6.80. The van der Waals surface area contributed by atoms with Crippen LogP contribution in [0.25, 0.3) is 0 Å². The molecule has 20 heavy (non-hydrogen) atoms. The van der Waals surface area contributed by atoms with Gasteiger partial charge in [-0.1, -0.05) is 37.8 Å². The summed E-state index contributed by atoms with van der Waals surface area (Å²) < 4.78 is 0. The Balaban J connectivity index is 2.35. The third kappa shape index (κ3) is 5.73. The van der Waals surface area contributed by atoms with Crippen LogP contribution in [0.5, 0.6) is 0 Å². The lowest BCUT2D eigenvalue weighted by Crippen LogP contribution is -2.14. The largest absolute Gasteiger partial charge is 0.409 e. The Morgan fingerprint density at radius 3 is 2.45 bits per heavy atom. The van der Waals surface area contributed by atoms with Gasteiger partial charge in [0.1, 0.15) is 0 Å². The van der Waals surface area contributed by atoms with Crippen LogP contribution in [0.1, 0.15) is 51.0 Å². The van der Waals surface area contributed by atoms with Crippen molar-refractivity contribution in [3.05, 3.63) is 29.8 Å². The van der Waals surface area contributed by atoms with Gasteiger partial charge in [0, 0.05) is 17.7 Å². The van der Waals surface area contributed by atoms with E-state index in [0.717, 1.165) is 18.5 Å². The van der Waals surface area contributed by atoms with E-state index in [1.165, 1.54) is 19.3 Å². The highest BCUT2D eigenvalue weighted by molar-refractivity contribution is 5.98. The molecule has 110 valence electrons. The predicted octanol–water partition coefficient (Wildman–Crippen LogP) is 3.08. The average molecular weight is 277 g/mol. The number of oxime groups is 1. The summed E-state index contributed by atoms with van der Waals surface area (Å²) in [4.78, 5) is 11.7. The normalized spacial score (nSPS) is 11.3. The molecule has 1 aromatic rings. The molecule has 0 aliphatic heterocycles. The minimum atomic E-state index is 0.0260. The molecule has 0 heterocycles. The second-order valence-electron chi connectivity index (χ2n) is 4.77. The van der Waals surface area contributed by atoms with Gasteiger partial charge in [0.05, 0.1) is 0 Å². The molecule has 0 saturated carbocycles. The van der Waals surface area contributed by atoms with Gasteiger partial charge in [-0.2, -0.15) is 0 Å². The highest BCUT2D eigenvalue weighted by Gasteiger charge is 2.03. The molecule has 0 fully saturated rings. The molecular formula is C15H23N3O2. The van der Waals surface area contributed by atoms with E-state index in [1.807, 2.05) is 0 Å². The molecular weight excluding hydrogens is 254 g/mol. The predicted molar refractivity (Wildman–Crippen MR) is 81.0 cm³/mol. The van der Waals surface area contributed by atoms with E-state index in [4.69, 9.17) is 10.9 Å². The Morgan fingerprint density at radius 1 is 1.20 bits per heavy atom. The third-order valence-electron chi connectivity index (χ3n) is 3.08. The monoisotopic (exact) mass is 277 g/mol. The van der Waals surface area contributed by atoms with Crippen LogP contribution in [0.15, 0.2) is 29.4 Å². The summed E-state index contributed by atoms with van der Waals surface area (Å²) >= 11 is 0. The number of hydrogen-bond acceptors (Lipinski definition) is 3. The standard InChI is InChI=1S/C15H23N3O2/c1-2-3-4-5-6-7-14(19)17-13-10-8-12(9-11-13)15(16)18-20/h8-11,20H,2-7H2,1H3,(H2,16,18)(H,17,19). The van der Waals surface area contributed by atoms with Gasteiger partial charge in [-0.25, -0.2) is 0 Å². The number of unbranched alkanes of at least 4 members (excludes halogenated alkanes) is 4. The first kappa shape index (κ1) is 16.0. The molecule has 1 aromatic carbocycles. The van der Waals surface area contributed by atoms with Crippen molar-refractivity contribution in [3.8, 4) is 0 Å². The molecule has 1 amide bonds. The third-order valence-corrected chi connectivity index (χ3v) is 3.08. The molecule has 0 spiro atoms. The molecule has 0 radical (unpaired) electrons. The summed E-state index contributed by atoms with van der Waals surface area (Å²) in [7, 11) is 0. The Bertz CT molecular complexity index is 441. The molecule has 0 aromatic heterocycles. The maximum atomic E-state index is 11.7. The van der Waals surface area contributed by atoms with E-state index in [9.17, 15) is 4.79 Å². The number of rotatable bonds is 8. The van der Waals surface area contributed by atoms with Crippen LogP contribution >= 0.6 is 0 Å². The highest BCUT2D eigenvalue weighted by Crippen LogP contribution is 2.11. The molecule has 0 aliphatic carbocycles. The number of amidine groups is 1. The Kier molecular flexibility index (Phi) is 7.17. The van der Waals surface area contributed by atoms with Crippen LogP contribution in [-0.4, -0.2) is 17.0 Å². The Morgan fingerprint density at radius 2 is 1.85 bits per heavy atom. The molecule has 0 aliphatic rings. The second-order valence-corrected chi connectivity index (χ2v) is 4.77. The number of nitrogens with one attached hydrogen (secondary N) is 1. The van der Waals surface area contributed by atoms with E-state index in [1.54, 1.807) is 24.3 Å². The van der Waals surface area contributed by atoms with Gasteiger partial charge in [-0.15, -0.1) is 0 Å². The van der Waals surface area contributed by atoms with Crippen molar-refractivity contribution in [1.82, 2.24) is 0 Å². The number of anilines is 1. The Labute approximate surface area is 119 Å². The van der Waals surface area contributed by atoms with Crippen molar-refractivity contribution in [2.24, 2.45) is 10.9 Å². The number of hydrogen-bond donors (Lipinski definition) is 3. The fourth-order valence-electron chi connectivity index (χ4n) is 1.89. The average Bonchev–Trinajstić information content (AvgIpc) is 2.47. The second kappa shape index (κ2) is 8.96. The van der Waals surface area contributed by atoms with Crippen molar-refractivity contribution >= 4 is 17.4 Å². The number of carbonyl (C=O) groups excluding carboxylic acids is 1. The molecule has 0 unspecified atom stereocenters. The van der Waals surface area contributed by atoms with Gasteiger partial charge in [-0.3, -0.25) is 4.79 Å². The minimum Gasteiger partial charge on any atom is -0.409 e. The highest BCUT2D eigenvalue weighted by atomic mass is 16.4. The number of amides is 1. The molecule has 5 nitrogen and oxygen atoms in total. The van der Waals surface area contributed by atoms with E-state index in [0.29, 0.717) is 12.0 Å². The molecule has 1 rings (SSSR count). The van der Waals surface area contributed by atoms with Crippen LogP contribution in [0.4, 0.5) is 5.69 Å². The molecule has 0 atom stereocenters. The van der Waals surface area contributed by atoms with Crippen LogP contribution in [0, 0.1) is 0 Å². The van der Waals surface area contributed by atoms with Gasteiger partial charge < -0.3 is 16.3 Å². The van der Waals surface area contributed by atoms with E-state index >= 15 is 0 Å². The molecule has 5 heteroatoms. The van der Waals surface area contributed by atoms with Gasteiger partial charge >= 0.3 is 0 Å². The molecule has 0 saturated heterocycles. The number of carbonyl (C=O) groups is 1. The van der Waals surface area contributed by atoms with Crippen molar-refractivity contribution in [1.29, 1.82) is 0 Å². The summed E-state index contributed by atoms with van der Waals surface area (Å²) in [5, 5.41) is 14.3. The number of benzene rings is 1. The van der Waals surface area contributed by atoms with Crippen LogP contribution < -0.4 is 11.1 Å². The first-order valence-corrected chi connectivity index (χ1v) is 7.05. The lowest BCUT2D eigenvalue weighted by atomic mass is 10.1. The number of nitrogens with two attached hydrogens (primary N) is 1. The first-order chi connectivity index (χ1) is 9.67. The lowest BCUT2D eigenvalue weighted by Gasteiger charge is -2.06. The van der Waals surface area contributed by atoms with Gasteiger partial charge in [0.15, 0.2) is 5.84 Å². The van der Waals surface area contributed by atoms with Crippen LogP contribution in [-0.2, 0) is 4.79 Å². The van der Waals surface area contributed by atoms with E-state index in [-0.39, 0.29) is 11.7 Å². The fraction of sp³-hybridized carbons (Fsp3) is 0.467. The summed E-state index contributed by atoms with van der Waals surface area (Å²) in [6.45, 7) is 2.17. The smallest absolute Gasteiger partial charge is 0.224 e. The maximum absolute atomic E-state index is 11.7. The van der Waals surface area contributed by atoms with Gasteiger partial charge in [0.2, 0.25) is 5.91 Å². The lowest BCUT2D eigenvalue weighted by molar-refractivity contribution is -0.116. The molecule has 0 bridgehead atoms. The van der Waals surface area contributed by atoms with Crippen LogP contribution in [0.3, 0.4) is 0 Å². The van der Waals surface area contributed by atoms with E-state index in [2.05, 4.69) is 17.4 Å². The number of nitrogens with zero attached hydrogens (tertiary/aromatic N) is 1. The minimum absolute atomic E-state index is 0.0260. The van der Waals surface area contributed by atoms with Crippen LogP contribution in [0.2, 0.25) is 0 Å². The topological polar surface area (TPSA) is 87.7 Å². The molecule has 4 N–H and O–H groups in total. The fourth-order valence-corrected chi connectivity index (χ4v) is 1.89. The van der Waals surface area contributed by atoms with Crippen molar-refractivity contribution in [2.75, 3.05) is 5.32 Å². The van der Waals surface area contributed by atoms with Gasteiger partial charge in [-0.05, 0) is 30.7 Å². The van der Waals surface area contributed by atoms with Crippen molar-refractivity contribution < 1.29 is 10.0 Å². The Hall–Kier alpha value is -2.04. The van der Waals surface area contributed by atoms with Crippen molar-refractivity contribution in [3.63, 3.8) is 0 Å². The van der Waals surface area contributed by atoms with Crippen molar-refractivity contribution in [2.45, 2.75) is 45.4 Å².